The van der Waals surface area contributed by atoms with E-state index in [-0.39, 0.29) is 28.4 Å². The Bertz CT molecular complexity index is 4430. The van der Waals surface area contributed by atoms with E-state index in [1.807, 2.05) is 36.4 Å². The van der Waals surface area contributed by atoms with Crippen LogP contribution in [0.3, 0.4) is 0 Å². The summed E-state index contributed by atoms with van der Waals surface area (Å²) in [6.45, 7) is 30.3. The molecule has 2 aliphatic rings. The van der Waals surface area contributed by atoms with E-state index in [4.69, 9.17) is 15.0 Å². The molecule has 10 aromatic carbocycles. The Kier molecular flexibility index (Phi) is 13.0. The molecule has 2 aromatic heterocycles. The first-order chi connectivity index (χ1) is 41.5. The van der Waals surface area contributed by atoms with Crippen LogP contribution in [-0.2, 0) is 21.7 Å². The average Bonchev–Trinajstić information content (AvgIpc) is 1.09. The van der Waals surface area contributed by atoms with Crippen molar-refractivity contribution in [3.8, 4) is 51.0 Å². The highest BCUT2D eigenvalue weighted by Crippen LogP contribution is 2.49. The van der Waals surface area contributed by atoms with Gasteiger partial charge in [-0.05, 0) is 169 Å². The molecule has 87 heavy (non-hydrogen) atoms. The van der Waals surface area contributed by atoms with Crippen molar-refractivity contribution in [2.75, 3.05) is 9.80 Å². The Morgan fingerprint density at radius 1 is 0.310 bits per heavy atom. The molecule has 0 atom stereocenters. The van der Waals surface area contributed by atoms with Gasteiger partial charge in [0.05, 0.1) is 11.0 Å². The number of fused-ring (bicyclic) bond motifs is 7. The van der Waals surface area contributed by atoms with Gasteiger partial charge in [-0.25, -0.2) is 15.0 Å². The molecule has 0 N–H and O–H groups in total. The molecular formula is C80H75BN6. The van der Waals surface area contributed by atoms with E-state index in [2.05, 4.69) is 286 Å². The molecule has 0 aliphatic carbocycles. The average molecular weight is 1130 g/mol. The lowest BCUT2D eigenvalue weighted by Crippen LogP contribution is -2.61. The predicted molar refractivity (Wildman–Crippen MR) is 369 cm³/mol. The van der Waals surface area contributed by atoms with Gasteiger partial charge in [-0.2, -0.15) is 0 Å². The van der Waals surface area contributed by atoms with E-state index in [9.17, 15) is 0 Å². The third-order valence-electron chi connectivity index (χ3n) is 18.0. The van der Waals surface area contributed by atoms with E-state index in [0.29, 0.717) is 17.5 Å². The predicted octanol–water partition coefficient (Wildman–Crippen LogP) is 19.2. The molecule has 0 amide bonds. The zero-order chi connectivity index (χ0) is 60.5. The SMILES string of the molecule is Cc1cc(-c2nc(-c3ccccc3)nc(-c3ccccc3)n2)cc(-n2c3ccccc3c3cc(-c4cc5c6c(c4)N(c4cc(C(C)(C)C)cc(C(C)(C)C)c4)c4ccccc4B6c4ccccc4N5c4cc(C(C)(C)C)cc(C(C)(C)C)c4)ccc32)c1. The maximum absolute atomic E-state index is 5.18. The van der Waals surface area contributed by atoms with Crippen LogP contribution in [0, 0.1) is 6.92 Å². The van der Waals surface area contributed by atoms with Crippen molar-refractivity contribution in [1.29, 1.82) is 0 Å². The zero-order valence-corrected chi connectivity index (χ0v) is 52.5. The van der Waals surface area contributed by atoms with Gasteiger partial charge in [-0.3, -0.25) is 0 Å². The van der Waals surface area contributed by atoms with Crippen LogP contribution in [-0.4, -0.2) is 26.2 Å². The van der Waals surface area contributed by atoms with Crippen LogP contribution in [0.2, 0.25) is 0 Å². The second-order valence-corrected chi connectivity index (χ2v) is 28.4. The highest BCUT2D eigenvalue weighted by molar-refractivity contribution is 7.00. The zero-order valence-electron chi connectivity index (χ0n) is 52.5. The molecule has 12 aromatic rings. The molecule has 0 fully saturated rings. The standard InChI is InChI=1S/C80H75BN6/c1-50-38-55(76-83-74(51-26-16-14-17-27-51)82-75(84-76)52-28-18-15-19-29-52)40-60(39-50)85-67-33-23-20-30-63(67)64-41-53(36-37-68(64)85)54-42-71-73-72(43-54)87(62-48-58(79(8,9)10)45-59(49-62)80(11,12)13)70-35-25-22-32-66(70)81(73)65-31-21-24-34-69(65)86(71)61-46-56(77(2,3)4)44-57(47-61)78(5,6)7/h14-49H,1-13H3. The summed E-state index contributed by atoms with van der Waals surface area (Å²) >= 11 is 0. The molecule has 0 unspecified atom stereocenters. The molecule has 0 saturated heterocycles. The summed E-state index contributed by atoms with van der Waals surface area (Å²) in [7, 11) is 0. The highest BCUT2D eigenvalue weighted by atomic mass is 15.2. The van der Waals surface area contributed by atoms with E-state index in [0.717, 1.165) is 50.1 Å². The summed E-state index contributed by atoms with van der Waals surface area (Å²) in [4.78, 5) is 20.6. The molecule has 0 spiro atoms. The molecule has 0 saturated carbocycles. The van der Waals surface area contributed by atoms with Crippen LogP contribution in [0.15, 0.2) is 218 Å². The second-order valence-electron chi connectivity index (χ2n) is 28.4. The smallest absolute Gasteiger partial charge is 0.252 e. The summed E-state index contributed by atoms with van der Waals surface area (Å²) in [6, 6.07) is 81.3. The number of anilines is 6. The first kappa shape index (κ1) is 55.5. The van der Waals surface area contributed by atoms with Gasteiger partial charge >= 0.3 is 0 Å². The van der Waals surface area contributed by atoms with Crippen molar-refractivity contribution in [2.24, 2.45) is 0 Å². The first-order valence-electron chi connectivity index (χ1n) is 30.9. The second kappa shape index (κ2) is 20.4. The van der Waals surface area contributed by atoms with Gasteiger partial charge in [0, 0.05) is 67.3 Å². The van der Waals surface area contributed by atoms with Crippen LogP contribution in [0.25, 0.3) is 72.8 Å². The monoisotopic (exact) mass is 1130 g/mol. The van der Waals surface area contributed by atoms with Crippen LogP contribution >= 0.6 is 0 Å². The van der Waals surface area contributed by atoms with Crippen molar-refractivity contribution in [2.45, 2.75) is 112 Å². The Balaban J connectivity index is 1.02. The van der Waals surface area contributed by atoms with Gasteiger partial charge in [-0.15, -0.1) is 0 Å². The van der Waals surface area contributed by atoms with Crippen molar-refractivity contribution < 1.29 is 0 Å². The number of hydrogen-bond acceptors (Lipinski definition) is 5. The first-order valence-corrected chi connectivity index (χ1v) is 30.9. The third kappa shape index (κ3) is 9.82. The lowest BCUT2D eigenvalue weighted by Gasteiger charge is -2.45. The number of hydrogen-bond donors (Lipinski definition) is 0. The van der Waals surface area contributed by atoms with Crippen molar-refractivity contribution in [1.82, 2.24) is 19.5 Å². The Hall–Kier alpha value is -9.33. The van der Waals surface area contributed by atoms with Crippen molar-refractivity contribution >= 4 is 79.0 Å². The fourth-order valence-corrected chi connectivity index (χ4v) is 13.2. The van der Waals surface area contributed by atoms with E-state index in [1.165, 1.54) is 83.5 Å². The normalized spacial score (nSPS) is 13.3. The molecule has 2 aliphatic heterocycles. The van der Waals surface area contributed by atoms with E-state index < -0.39 is 0 Å². The van der Waals surface area contributed by atoms with Gasteiger partial charge in [0.2, 0.25) is 0 Å². The molecular weight excluding hydrogens is 1060 g/mol. The molecule has 7 heteroatoms. The van der Waals surface area contributed by atoms with E-state index in [1.54, 1.807) is 0 Å². The van der Waals surface area contributed by atoms with Crippen LogP contribution < -0.4 is 26.2 Å². The number of rotatable bonds is 7. The van der Waals surface area contributed by atoms with Crippen LogP contribution in [0.4, 0.5) is 34.1 Å². The lowest BCUT2D eigenvalue weighted by atomic mass is 9.33. The number of aryl methyl sites for hydroxylation is 1. The van der Waals surface area contributed by atoms with E-state index >= 15 is 0 Å². The summed E-state index contributed by atoms with van der Waals surface area (Å²) in [5.41, 5.74) is 25.5. The summed E-state index contributed by atoms with van der Waals surface area (Å²) < 4.78 is 2.42. The summed E-state index contributed by atoms with van der Waals surface area (Å²) in [5.74, 6) is 1.90. The number of nitrogens with zero attached hydrogens (tertiary/aromatic N) is 6. The Morgan fingerprint density at radius 3 is 1.22 bits per heavy atom. The van der Waals surface area contributed by atoms with Crippen molar-refractivity contribution in [3.63, 3.8) is 0 Å². The largest absolute Gasteiger partial charge is 0.311 e. The molecule has 0 radical (unpaired) electrons. The van der Waals surface area contributed by atoms with Crippen molar-refractivity contribution in [3.05, 3.63) is 246 Å². The number of benzene rings is 10. The fourth-order valence-electron chi connectivity index (χ4n) is 13.2. The minimum absolute atomic E-state index is 0.0169. The molecule has 428 valence electrons. The molecule has 4 heterocycles. The van der Waals surface area contributed by atoms with Gasteiger partial charge < -0.3 is 14.4 Å². The minimum atomic E-state index is -0.0904. The van der Waals surface area contributed by atoms with Gasteiger partial charge in [0.15, 0.2) is 17.5 Å². The Morgan fingerprint density at radius 2 is 0.736 bits per heavy atom. The summed E-state index contributed by atoms with van der Waals surface area (Å²) in [5, 5.41) is 2.36. The summed E-state index contributed by atoms with van der Waals surface area (Å²) in [6.07, 6.45) is 0. The maximum atomic E-state index is 5.18. The molecule has 0 bridgehead atoms. The fraction of sp³-hybridized carbons (Fsp3) is 0.212. The highest BCUT2D eigenvalue weighted by Gasteiger charge is 2.44. The number of aromatic nitrogens is 4. The maximum Gasteiger partial charge on any atom is 0.252 e. The van der Waals surface area contributed by atoms with Gasteiger partial charge in [0.1, 0.15) is 0 Å². The van der Waals surface area contributed by atoms with Gasteiger partial charge in [-0.1, -0.05) is 217 Å². The van der Waals surface area contributed by atoms with Crippen LogP contribution in [0.1, 0.15) is 111 Å². The van der Waals surface area contributed by atoms with Crippen LogP contribution in [0.5, 0.6) is 0 Å². The Labute approximate surface area is 514 Å². The topological polar surface area (TPSA) is 50.1 Å². The third-order valence-corrected chi connectivity index (χ3v) is 18.0. The number of para-hydroxylation sites is 3. The quantitative estimate of drug-likeness (QED) is 0.149. The van der Waals surface area contributed by atoms with Gasteiger partial charge in [0.25, 0.3) is 6.71 Å². The minimum Gasteiger partial charge on any atom is -0.311 e. The lowest BCUT2D eigenvalue weighted by molar-refractivity contribution is 0.568. The molecule has 6 nitrogen and oxygen atoms in total. The molecule has 14 rings (SSSR count).